The van der Waals surface area contributed by atoms with Crippen molar-refractivity contribution in [1.82, 2.24) is 15.4 Å². The Morgan fingerprint density at radius 3 is 2.10 bits per heavy atom. The van der Waals surface area contributed by atoms with Gasteiger partial charge in [-0.2, -0.15) is 0 Å². The average molecular weight is 428 g/mol. The van der Waals surface area contributed by atoms with Gasteiger partial charge in [0.2, 0.25) is 0 Å². The van der Waals surface area contributed by atoms with Gasteiger partial charge < -0.3 is 15.2 Å². The number of nitrogens with zero attached hydrogens (tertiary/aromatic N) is 1. The second kappa shape index (κ2) is 13.6. The topological polar surface area (TPSA) is 136 Å². The molecule has 0 aliphatic carbocycles. The molecule has 1 amide bonds. The van der Waals surface area contributed by atoms with Gasteiger partial charge >= 0.3 is 5.97 Å². The molecule has 5 N–H and O–H groups in total. The normalized spacial score (nSPS) is 10.7. The molecule has 31 heavy (non-hydrogen) atoms. The van der Waals surface area contributed by atoms with Crippen LogP contribution < -0.4 is 5.48 Å². The van der Waals surface area contributed by atoms with Crippen molar-refractivity contribution in [3.05, 3.63) is 83.9 Å². The minimum Gasteiger partial charge on any atom is -0.507 e. The third-order valence-electron chi connectivity index (χ3n) is 4.17. The first-order valence-electron chi connectivity index (χ1n) is 9.73. The molecule has 8 nitrogen and oxygen atoms in total. The number of carbonyl (C=O) groups is 2. The first-order valence-corrected chi connectivity index (χ1v) is 9.73. The van der Waals surface area contributed by atoms with Crippen LogP contribution in [0.5, 0.6) is 5.75 Å². The zero-order chi connectivity index (χ0) is 23.2. The van der Waals surface area contributed by atoms with Crippen molar-refractivity contribution in [1.29, 1.82) is 0 Å². The molecule has 1 atom stereocenters. The zero-order valence-corrected chi connectivity index (χ0v) is 17.8. The number of carbonyl (C=O) groups excluding carboxylic acids is 1. The lowest BCUT2D eigenvalue weighted by molar-refractivity contribution is -0.130. The second-order valence-corrected chi connectivity index (χ2v) is 7.12. The maximum absolute atomic E-state index is 11.2. The molecule has 1 aromatic heterocycles. The number of aromatic carboxylic acids is 1. The molecule has 0 saturated heterocycles. The number of carboxylic acids is 1. The quantitative estimate of drug-likeness (QED) is 0.308. The number of phenols is 1. The highest BCUT2D eigenvalue weighted by Gasteiger charge is 2.13. The van der Waals surface area contributed by atoms with E-state index >= 15 is 0 Å². The van der Waals surface area contributed by atoms with Gasteiger partial charge in [0.1, 0.15) is 11.3 Å². The Balaban J connectivity index is 0.000000269. The summed E-state index contributed by atoms with van der Waals surface area (Å²) in [7, 11) is 0. The van der Waals surface area contributed by atoms with E-state index in [9.17, 15) is 9.59 Å². The molecule has 0 spiro atoms. The predicted molar refractivity (Wildman–Crippen MR) is 117 cm³/mol. The van der Waals surface area contributed by atoms with E-state index in [4.69, 9.17) is 15.4 Å². The molecule has 166 valence electrons. The molecule has 3 rings (SSSR count). The van der Waals surface area contributed by atoms with Gasteiger partial charge in [-0.1, -0.05) is 50.2 Å². The van der Waals surface area contributed by atoms with Crippen LogP contribution in [-0.2, 0) is 11.2 Å². The van der Waals surface area contributed by atoms with Crippen molar-refractivity contribution in [2.24, 2.45) is 5.92 Å². The van der Waals surface area contributed by atoms with Crippen molar-refractivity contribution in [3.63, 3.8) is 0 Å². The van der Waals surface area contributed by atoms with E-state index in [1.807, 2.05) is 24.3 Å². The number of aromatic amines is 1. The number of hydrogen-bond donors (Lipinski definition) is 5. The summed E-state index contributed by atoms with van der Waals surface area (Å²) in [6, 6.07) is 13.8. The molecule has 0 aliphatic rings. The standard InChI is InChI=1S/C13H19NO2.C7H6O3.C3H4N2/c1-9(2)8-11-4-6-12(7-5-11)10(3)13(15)14-16;8-6-4-2-1-3-5(6)7(9)10;1-2-5-3-4-1/h4-7,9-10,16H,8H2,1-3H3,(H,14,15);1-4,8H,(H,9,10);1-3H,(H,4,5). The minimum absolute atomic E-state index is 0.0671. The maximum Gasteiger partial charge on any atom is 0.339 e. The van der Waals surface area contributed by atoms with E-state index in [-0.39, 0.29) is 23.1 Å². The van der Waals surface area contributed by atoms with Crippen molar-refractivity contribution in [3.8, 4) is 5.75 Å². The highest BCUT2D eigenvalue weighted by atomic mass is 16.5. The SMILES string of the molecule is CC(C)Cc1ccc(C(C)C(=O)NO)cc1.O=C(O)c1ccccc1O.c1c[nH]cn1. The largest absolute Gasteiger partial charge is 0.507 e. The summed E-state index contributed by atoms with van der Waals surface area (Å²) < 4.78 is 0. The van der Waals surface area contributed by atoms with Crippen molar-refractivity contribution in [2.45, 2.75) is 33.1 Å². The van der Waals surface area contributed by atoms with Crippen LogP contribution in [-0.4, -0.2) is 37.3 Å². The first kappa shape index (κ1) is 25.4. The van der Waals surface area contributed by atoms with Gasteiger partial charge in [-0.15, -0.1) is 0 Å². The van der Waals surface area contributed by atoms with Gasteiger partial charge in [0.25, 0.3) is 5.91 Å². The molecule has 0 radical (unpaired) electrons. The lowest BCUT2D eigenvalue weighted by Gasteiger charge is -2.11. The molecular weight excluding hydrogens is 398 g/mol. The number of nitrogens with one attached hydrogen (secondary N) is 2. The monoisotopic (exact) mass is 427 g/mol. The van der Waals surface area contributed by atoms with Crippen LogP contribution in [0.15, 0.2) is 67.3 Å². The maximum atomic E-state index is 11.2. The Hall–Kier alpha value is -3.65. The minimum atomic E-state index is -1.11. The lowest BCUT2D eigenvalue weighted by Crippen LogP contribution is -2.24. The van der Waals surface area contributed by atoms with Crippen molar-refractivity contribution < 1.29 is 25.0 Å². The second-order valence-electron chi connectivity index (χ2n) is 7.12. The lowest BCUT2D eigenvalue weighted by atomic mass is 9.96. The zero-order valence-electron chi connectivity index (χ0n) is 17.8. The Labute approximate surface area is 181 Å². The van der Waals surface area contributed by atoms with E-state index in [0.717, 1.165) is 12.0 Å². The first-order chi connectivity index (χ1) is 14.8. The Bertz CT molecular complexity index is 892. The fourth-order valence-electron chi connectivity index (χ4n) is 2.53. The highest BCUT2D eigenvalue weighted by Crippen LogP contribution is 2.17. The van der Waals surface area contributed by atoms with Crippen LogP contribution in [0.4, 0.5) is 0 Å². The number of benzene rings is 2. The molecule has 1 heterocycles. The van der Waals surface area contributed by atoms with E-state index in [1.165, 1.54) is 17.7 Å². The fourth-order valence-corrected chi connectivity index (χ4v) is 2.53. The fraction of sp³-hybridized carbons (Fsp3) is 0.261. The highest BCUT2D eigenvalue weighted by molar-refractivity contribution is 5.90. The molecular formula is C23H29N3O5. The Morgan fingerprint density at radius 1 is 1.06 bits per heavy atom. The summed E-state index contributed by atoms with van der Waals surface area (Å²) in [5.41, 5.74) is 3.79. The number of imidazole rings is 1. The van der Waals surface area contributed by atoms with E-state index in [2.05, 4.69) is 23.8 Å². The summed E-state index contributed by atoms with van der Waals surface area (Å²) in [5.74, 6) is -1.38. The number of para-hydroxylation sites is 1. The number of carboxylic acid groups (broad SMARTS) is 1. The van der Waals surface area contributed by atoms with Crippen LogP contribution in [0.3, 0.4) is 0 Å². The van der Waals surface area contributed by atoms with Crippen LogP contribution in [0.25, 0.3) is 0 Å². The summed E-state index contributed by atoms with van der Waals surface area (Å²) in [4.78, 5) is 27.9. The Kier molecular flexibility index (Phi) is 11.1. The molecule has 0 fully saturated rings. The van der Waals surface area contributed by atoms with Crippen LogP contribution in [0.1, 0.15) is 48.2 Å². The average Bonchev–Trinajstić information content (AvgIpc) is 3.33. The van der Waals surface area contributed by atoms with E-state index in [1.54, 1.807) is 43.3 Å². The smallest absolute Gasteiger partial charge is 0.339 e. The van der Waals surface area contributed by atoms with Crippen LogP contribution in [0.2, 0.25) is 0 Å². The van der Waals surface area contributed by atoms with Crippen molar-refractivity contribution in [2.75, 3.05) is 0 Å². The Morgan fingerprint density at radius 2 is 1.71 bits per heavy atom. The number of hydrogen-bond acceptors (Lipinski definition) is 5. The number of H-pyrrole nitrogens is 1. The number of amides is 1. The third kappa shape index (κ3) is 9.60. The number of aromatic hydroxyl groups is 1. The molecule has 0 saturated carbocycles. The number of aromatic nitrogens is 2. The van der Waals surface area contributed by atoms with Gasteiger partial charge in [0.15, 0.2) is 0 Å². The summed E-state index contributed by atoms with van der Waals surface area (Å²) >= 11 is 0. The van der Waals surface area contributed by atoms with Gasteiger partial charge in [-0.25, -0.2) is 15.3 Å². The van der Waals surface area contributed by atoms with Gasteiger partial charge in [-0.05, 0) is 42.5 Å². The molecule has 8 heteroatoms. The summed E-state index contributed by atoms with van der Waals surface area (Å²) in [5, 5.41) is 25.8. The molecule has 1 unspecified atom stereocenters. The molecule has 0 bridgehead atoms. The molecule has 3 aromatic rings. The van der Waals surface area contributed by atoms with E-state index in [0.29, 0.717) is 5.92 Å². The predicted octanol–water partition coefficient (Wildman–Crippen LogP) is 3.99. The van der Waals surface area contributed by atoms with Crippen LogP contribution in [0, 0.1) is 5.92 Å². The number of hydroxylamine groups is 1. The van der Waals surface area contributed by atoms with Crippen molar-refractivity contribution >= 4 is 11.9 Å². The summed E-state index contributed by atoms with van der Waals surface area (Å²) in [6.07, 6.45) is 6.13. The molecule has 0 aliphatic heterocycles. The van der Waals surface area contributed by atoms with Gasteiger partial charge in [-0.3, -0.25) is 10.0 Å². The van der Waals surface area contributed by atoms with Gasteiger partial charge in [0, 0.05) is 12.4 Å². The number of rotatable bonds is 5. The van der Waals surface area contributed by atoms with Crippen LogP contribution >= 0.6 is 0 Å². The van der Waals surface area contributed by atoms with Gasteiger partial charge in [0.05, 0.1) is 12.2 Å². The third-order valence-corrected chi connectivity index (χ3v) is 4.17. The van der Waals surface area contributed by atoms with E-state index < -0.39 is 5.97 Å². The molecule has 2 aromatic carbocycles. The summed E-state index contributed by atoms with van der Waals surface area (Å²) in [6.45, 7) is 6.12.